The number of rotatable bonds is 0. The smallest absolute Gasteiger partial charge is 0.0636 e. The third-order valence-corrected chi connectivity index (χ3v) is 1.78. The molecule has 1 saturated carbocycles. The van der Waals surface area contributed by atoms with Gasteiger partial charge in [0.1, 0.15) is 0 Å². The monoisotopic (exact) mass is 222 g/mol. The first-order chi connectivity index (χ1) is 3.71. The normalized spacial score (nSPS) is 20.2. The van der Waals surface area contributed by atoms with Crippen molar-refractivity contribution in [1.29, 1.82) is 0 Å². The van der Waals surface area contributed by atoms with Crippen LogP contribution >= 0.6 is 37.2 Å². The molecule has 11 heavy (non-hydrogen) atoms. The molecule has 0 spiro atoms. The first-order valence-corrected chi connectivity index (χ1v) is 3.28. The third kappa shape index (κ3) is 7.16. The summed E-state index contributed by atoms with van der Waals surface area (Å²) in [4.78, 5) is 0. The summed E-state index contributed by atoms with van der Waals surface area (Å²) in [5.41, 5.74) is 11.0. The van der Waals surface area contributed by atoms with Gasteiger partial charge in [0.2, 0.25) is 0 Å². The summed E-state index contributed by atoms with van der Waals surface area (Å²) in [6, 6.07) is 0. The van der Waals surface area contributed by atoms with Gasteiger partial charge >= 0.3 is 0 Å². The summed E-state index contributed by atoms with van der Waals surface area (Å²) in [6.45, 7) is 0. The first kappa shape index (κ1) is 17.8. The molecular formula is C6H17Cl3N2. The second kappa shape index (κ2) is 7.44. The maximum absolute atomic E-state index is 5.66. The lowest BCUT2D eigenvalue weighted by molar-refractivity contribution is 0.306. The first-order valence-electron chi connectivity index (χ1n) is 3.28. The van der Waals surface area contributed by atoms with Gasteiger partial charge in [-0.05, 0) is 12.8 Å². The summed E-state index contributed by atoms with van der Waals surface area (Å²) in [5, 5.41) is 0. The molecule has 0 bridgehead atoms. The Balaban J connectivity index is -0.000000213. The van der Waals surface area contributed by atoms with Crippen molar-refractivity contribution < 1.29 is 0 Å². The molecule has 0 heterocycles. The maximum atomic E-state index is 5.66. The molecule has 0 aromatic rings. The van der Waals surface area contributed by atoms with Gasteiger partial charge in [-0.3, -0.25) is 0 Å². The van der Waals surface area contributed by atoms with Crippen molar-refractivity contribution in [3.63, 3.8) is 0 Å². The van der Waals surface area contributed by atoms with E-state index in [1.54, 1.807) is 0 Å². The van der Waals surface area contributed by atoms with Crippen LogP contribution in [0.25, 0.3) is 0 Å². The highest BCUT2D eigenvalue weighted by atomic mass is 35.5. The topological polar surface area (TPSA) is 52.0 Å². The molecule has 1 aliphatic carbocycles. The molecular weight excluding hydrogens is 206 g/mol. The Morgan fingerprint density at radius 3 is 1.27 bits per heavy atom. The van der Waals surface area contributed by atoms with E-state index in [1.165, 1.54) is 19.3 Å². The standard InChI is InChI=1S/C6H14N2.3ClH/c7-6(8)4-2-1-3-5-6;;;/h1-5,7-8H2;3*1H. The molecule has 0 amide bonds. The van der Waals surface area contributed by atoms with Gasteiger partial charge < -0.3 is 11.5 Å². The van der Waals surface area contributed by atoms with Crippen molar-refractivity contribution in [1.82, 2.24) is 0 Å². The Morgan fingerprint density at radius 2 is 1.09 bits per heavy atom. The summed E-state index contributed by atoms with van der Waals surface area (Å²) in [5.74, 6) is 0. The van der Waals surface area contributed by atoms with Crippen LogP contribution in [-0.2, 0) is 0 Å². The van der Waals surface area contributed by atoms with Crippen LogP contribution in [0.2, 0.25) is 0 Å². The van der Waals surface area contributed by atoms with Crippen molar-refractivity contribution >= 4 is 37.2 Å². The fraction of sp³-hybridized carbons (Fsp3) is 1.00. The Labute approximate surface area is 86.7 Å². The van der Waals surface area contributed by atoms with Gasteiger partial charge in [0.25, 0.3) is 0 Å². The molecule has 0 atom stereocenters. The maximum Gasteiger partial charge on any atom is 0.0636 e. The van der Waals surface area contributed by atoms with Crippen molar-refractivity contribution in [2.24, 2.45) is 11.5 Å². The fourth-order valence-electron chi connectivity index (χ4n) is 1.21. The van der Waals surface area contributed by atoms with Gasteiger partial charge in [-0.25, -0.2) is 0 Å². The van der Waals surface area contributed by atoms with Crippen LogP contribution in [0.3, 0.4) is 0 Å². The van der Waals surface area contributed by atoms with E-state index >= 15 is 0 Å². The zero-order valence-electron chi connectivity index (χ0n) is 6.41. The zero-order valence-corrected chi connectivity index (χ0v) is 8.86. The molecule has 5 heteroatoms. The molecule has 1 rings (SSSR count). The van der Waals surface area contributed by atoms with E-state index in [0.29, 0.717) is 0 Å². The molecule has 0 aromatic carbocycles. The summed E-state index contributed by atoms with van der Waals surface area (Å²) < 4.78 is 0. The number of nitrogens with two attached hydrogens (primary N) is 2. The third-order valence-electron chi connectivity index (χ3n) is 1.78. The lowest BCUT2D eigenvalue weighted by Gasteiger charge is -2.28. The molecule has 2 nitrogen and oxygen atoms in total. The van der Waals surface area contributed by atoms with Crippen molar-refractivity contribution in [2.75, 3.05) is 0 Å². The number of hydrogen-bond acceptors (Lipinski definition) is 2. The Bertz CT molecular complexity index is 79.9. The van der Waals surface area contributed by atoms with Gasteiger partial charge in [-0.2, -0.15) is 0 Å². The van der Waals surface area contributed by atoms with Gasteiger partial charge in [-0.15, -0.1) is 37.2 Å². The molecule has 0 saturated heterocycles. The Kier molecular flexibility index (Phi) is 12.0. The minimum atomic E-state index is -0.321. The number of hydrogen-bond donors (Lipinski definition) is 2. The van der Waals surface area contributed by atoms with Gasteiger partial charge in [0, 0.05) is 0 Å². The Morgan fingerprint density at radius 1 is 0.727 bits per heavy atom. The molecule has 0 aromatic heterocycles. The van der Waals surface area contributed by atoms with Crippen molar-refractivity contribution in [3.8, 4) is 0 Å². The molecule has 0 unspecified atom stereocenters. The fourth-order valence-corrected chi connectivity index (χ4v) is 1.21. The summed E-state index contributed by atoms with van der Waals surface area (Å²) >= 11 is 0. The molecule has 4 N–H and O–H groups in total. The second-order valence-electron chi connectivity index (χ2n) is 2.79. The molecule has 1 fully saturated rings. The SMILES string of the molecule is Cl.Cl.Cl.NC1(N)CCCCC1. The highest BCUT2D eigenvalue weighted by Crippen LogP contribution is 2.20. The summed E-state index contributed by atoms with van der Waals surface area (Å²) in [6.07, 6.45) is 5.76. The zero-order chi connectivity index (χ0) is 6.04. The van der Waals surface area contributed by atoms with Crippen LogP contribution in [0.1, 0.15) is 32.1 Å². The van der Waals surface area contributed by atoms with E-state index in [-0.39, 0.29) is 42.9 Å². The minimum absolute atomic E-state index is 0. The minimum Gasteiger partial charge on any atom is -0.313 e. The predicted octanol–water partition coefficient (Wildman–Crippen LogP) is 1.83. The molecule has 1 aliphatic rings. The van der Waals surface area contributed by atoms with E-state index in [0.717, 1.165) is 12.8 Å². The molecule has 0 aliphatic heterocycles. The molecule has 72 valence electrons. The van der Waals surface area contributed by atoms with E-state index in [4.69, 9.17) is 11.5 Å². The van der Waals surface area contributed by atoms with Crippen LogP contribution in [0.15, 0.2) is 0 Å². The second-order valence-corrected chi connectivity index (χ2v) is 2.79. The lowest BCUT2D eigenvalue weighted by atomic mass is 9.91. The van der Waals surface area contributed by atoms with Crippen LogP contribution < -0.4 is 11.5 Å². The van der Waals surface area contributed by atoms with E-state index < -0.39 is 0 Å². The van der Waals surface area contributed by atoms with Crippen molar-refractivity contribution in [2.45, 2.75) is 37.8 Å². The Hall–Kier alpha value is 0.790. The lowest BCUT2D eigenvalue weighted by Crippen LogP contribution is -2.50. The average molecular weight is 224 g/mol. The largest absolute Gasteiger partial charge is 0.313 e. The number of halogens is 3. The quantitative estimate of drug-likeness (QED) is 0.616. The molecule has 0 radical (unpaired) electrons. The van der Waals surface area contributed by atoms with E-state index in [1.807, 2.05) is 0 Å². The van der Waals surface area contributed by atoms with Gasteiger partial charge in [0.15, 0.2) is 0 Å². The van der Waals surface area contributed by atoms with Crippen LogP contribution in [0.4, 0.5) is 0 Å². The van der Waals surface area contributed by atoms with E-state index in [9.17, 15) is 0 Å². The van der Waals surface area contributed by atoms with Crippen LogP contribution in [-0.4, -0.2) is 5.66 Å². The van der Waals surface area contributed by atoms with Gasteiger partial charge in [-0.1, -0.05) is 19.3 Å². The van der Waals surface area contributed by atoms with Crippen LogP contribution in [0.5, 0.6) is 0 Å². The average Bonchev–Trinajstić information content (AvgIpc) is 1.65. The highest BCUT2D eigenvalue weighted by molar-refractivity contribution is 5.86. The predicted molar refractivity (Wildman–Crippen MR) is 55.9 cm³/mol. The van der Waals surface area contributed by atoms with Crippen molar-refractivity contribution in [3.05, 3.63) is 0 Å². The highest BCUT2D eigenvalue weighted by Gasteiger charge is 2.21. The summed E-state index contributed by atoms with van der Waals surface area (Å²) in [7, 11) is 0. The van der Waals surface area contributed by atoms with Gasteiger partial charge in [0.05, 0.1) is 5.66 Å². The van der Waals surface area contributed by atoms with Crippen LogP contribution in [0, 0.1) is 0 Å². The van der Waals surface area contributed by atoms with E-state index in [2.05, 4.69) is 0 Å².